The van der Waals surface area contributed by atoms with E-state index in [2.05, 4.69) is 33.5 Å². The third-order valence-corrected chi connectivity index (χ3v) is 8.91. The number of hydrogen-bond donors (Lipinski definition) is 2. The van der Waals surface area contributed by atoms with Crippen molar-refractivity contribution >= 4 is 39.1 Å². The van der Waals surface area contributed by atoms with Crippen molar-refractivity contribution in [3.05, 3.63) is 77.2 Å². The maximum absolute atomic E-state index is 13.4. The summed E-state index contributed by atoms with van der Waals surface area (Å²) in [6.45, 7) is 10.3. The van der Waals surface area contributed by atoms with Gasteiger partial charge in [0.2, 0.25) is 5.95 Å². The molecule has 0 unspecified atom stereocenters. The van der Waals surface area contributed by atoms with Gasteiger partial charge in [0, 0.05) is 33.8 Å². The zero-order valence-corrected chi connectivity index (χ0v) is 26.5. The molecule has 16 heteroatoms. The van der Waals surface area contributed by atoms with E-state index in [1.54, 1.807) is 36.7 Å². The number of thiophene rings is 1. The summed E-state index contributed by atoms with van der Waals surface area (Å²) in [6, 6.07) is 8.81. The van der Waals surface area contributed by atoms with Gasteiger partial charge in [-0.15, -0.1) is 11.3 Å². The number of imidazole rings is 1. The molecule has 0 bridgehead atoms. The van der Waals surface area contributed by atoms with Gasteiger partial charge in [0.05, 0.1) is 18.9 Å². The molecule has 3 aromatic heterocycles. The number of sulfonamides is 1. The van der Waals surface area contributed by atoms with Crippen LogP contribution in [0.1, 0.15) is 55.7 Å². The number of benzene rings is 1. The lowest BCUT2D eigenvalue weighted by Crippen LogP contribution is -2.21. The van der Waals surface area contributed by atoms with Gasteiger partial charge in [-0.2, -0.15) is 13.2 Å². The van der Waals surface area contributed by atoms with Crippen LogP contribution in [0.3, 0.4) is 0 Å². The van der Waals surface area contributed by atoms with Crippen LogP contribution in [0.25, 0.3) is 11.1 Å². The molecule has 0 saturated heterocycles. The Balaban J connectivity index is 0.000000707. The first-order valence-electron chi connectivity index (χ1n) is 13.4. The zero-order chi connectivity index (χ0) is 33.7. The van der Waals surface area contributed by atoms with Gasteiger partial charge in [-0.1, -0.05) is 52.8 Å². The Hall–Kier alpha value is -4.18. The van der Waals surface area contributed by atoms with Crippen molar-refractivity contribution in [3.8, 4) is 11.1 Å². The first-order chi connectivity index (χ1) is 20.8. The number of carboxylic acids is 1. The number of aliphatic carboxylic acids is 1. The third kappa shape index (κ3) is 9.65. The molecule has 0 radical (unpaired) electrons. The number of anilines is 1. The minimum absolute atomic E-state index is 0.0790. The number of carbonyl (C=O) groups excluding carboxylic acids is 1. The van der Waals surface area contributed by atoms with Crippen molar-refractivity contribution in [1.29, 1.82) is 0 Å². The topological polar surface area (TPSA) is 144 Å². The second-order valence-corrected chi connectivity index (χ2v) is 14.3. The van der Waals surface area contributed by atoms with E-state index in [0.717, 1.165) is 34.4 Å². The van der Waals surface area contributed by atoms with Crippen LogP contribution in [-0.4, -0.2) is 51.0 Å². The number of aromatic nitrogens is 4. The minimum Gasteiger partial charge on any atom is -0.475 e. The lowest BCUT2D eigenvalue weighted by molar-refractivity contribution is -0.192. The number of carbonyl (C=O) groups is 2. The predicted octanol–water partition coefficient (Wildman–Crippen LogP) is 6.35. The zero-order valence-electron chi connectivity index (χ0n) is 24.9. The van der Waals surface area contributed by atoms with Gasteiger partial charge in [0.15, 0.2) is 11.6 Å². The summed E-state index contributed by atoms with van der Waals surface area (Å²) < 4.78 is 76.0. The van der Waals surface area contributed by atoms with Crippen LogP contribution >= 0.6 is 11.3 Å². The van der Waals surface area contributed by atoms with Crippen LogP contribution in [0.15, 0.2) is 59.3 Å². The summed E-state index contributed by atoms with van der Waals surface area (Å²) >= 11 is 1.16. The molecule has 2 N–H and O–H groups in total. The first-order valence-corrected chi connectivity index (χ1v) is 15.7. The number of ketones is 1. The summed E-state index contributed by atoms with van der Waals surface area (Å²) in [4.78, 5) is 34.9. The van der Waals surface area contributed by atoms with Crippen LogP contribution in [0.5, 0.6) is 0 Å². The lowest BCUT2D eigenvalue weighted by Gasteiger charge is -2.19. The average molecular weight is 670 g/mol. The Morgan fingerprint density at radius 2 is 1.69 bits per heavy atom. The highest BCUT2D eigenvalue weighted by Crippen LogP contribution is 2.37. The van der Waals surface area contributed by atoms with Gasteiger partial charge >= 0.3 is 12.1 Å². The van der Waals surface area contributed by atoms with Gasteiger partial charge in [-0.25, -0.2) is 37.3 Å². The van der Waals surface area contributed by atoms with Gasteiger partial charge in [-0.3, -0.25) is 4.79 Å². The maximum Gasteiger partial charge on any atom is 0.490 e. The van der Waals surface area contributed by atoms with E-state index >= 15 is 0 Å². The maximum atomic E-state index is 13.4. The smallest absolute Gasteiger partial charge is 0.475 e. The molecular formula is C29H31F4N5O5S2. The molecule has 0 saturated carbocycles. The molecule has 0 aliphatic heterocycles. The highest BCUT2D eigenvalue weighted by Gasteiger charge is 2.38. The van der Waals surface area contributed by atoms with E-state index in [1.807, 2.05) is 31.4 Å². The Morgan fingerprint density at radius 3 is 2.24 bits per heavy atom. The highest BCUT2D eigenvalue weighted by molar-refractivity contribution is 7.94. The number of Topliss-reactive ketones (excluding diaryl/α,β-unsaturated/α-hetero) is 1. The highest BCUT2D eigenvalue weighted by atomic mass is 32.2. The molecule has 1 aromatic carbocycles. The molecule has 4 rings (SSSR count). The molecule has 242 valence electrons. The number of rotatable bonds is 9. The van der Waals surface area contributed by atoms with Crippen molar-refractivity contribution in [3.63, 3.8) is 0 Å². The predicted molar refractivity (Wildman–Crippen MR) is 160 cm³/mol. The Kier molecular flexibility index (Phi) is 10.9. The molecule has 0 aliphatic rings. The lowest BCUT2D eigenvalue weighted by atomic mass is 9.95. The molecule has 0 fully saturated rings. The summed E-state index contributed by atoms with van der Waals surface area (Å²) in [6.07, 6.45) is 0.860. The van der Waals surface area contributed by atoms with Gasteiger partial charge in [-0.05, 0) is 30.0 Å². The van der Waals surface area contributed by atoms with Crippen molar-refractivity contribution in [2.24, 2.45) is 5.92 Å². The van der Waals surface area contributed by atoms with Crippen molar-refractivity contribution < 1.29 is 40.7 Å². The number of nitrogens with zero attached hydrogens (tertiary/aromatic N) is 4. The number of hydrogen-bond acceptors (Lipinski definition) is 8. The van der Waals surface area contributed by atoms with E-state index in [0.29, 0.717) is 29.0 Å². The minimum atomic E-state index is -5.08. The largest absolute Gasteiger partial charge is 0.490 e. The van der Waals surface area contributed by atoms with Crippen molar-refractivity contribution in [1.82, 2.24) is 19.5 Å². The van der Waals surface area contributed by atoms with Crippen molar-refractivity contribution in [2.45, 2.75) is 63.4 Å². The van der Waals surface area contributed by atoms with Crippen LogP contribution in [0, 0.1) is 11.7 Å². The molecule has 3 heterocycles. The Labute approximate surface area is 261 Å². The van der Waals surface area contributed by atoms with E-state index in [1.165, 1.54) is 0 Å². The number of alkyl halides is 3. The molecule has 10 nitrogen and oxygen atoms in total. The second-order valence-electron chi connectivity index (χ2n) is 11.3. The first kappa shape index (κ1) is 35.3. The fourth-order valence-electron chi connectivity index (χ4n) is 4.05. The van der Waals surface area contributed by atoms with Gasteiger partial charge in [0.1, 0.15) is 10.0 Å². The van der Waals surface area contributed by atoms with Gasteiger partial charge < -0.3 is 9.67 Å². The Bertz CT molecular complexity index is 1760. The molecule has 4 aromatic rings. The molecule has 45 heavy (non-hydrogen) atoms. The van der Waals surface area contributed by atoms with E-state index < -0.39 is 28.0 Å². The molecule has 0 spiro atoms. The number of nitrogens with one attached hydrogen (secondary N) is 1. The van der Waals surface area contributed by atoms with Crippen LogP contribution in [0.2, 0.25) is 0 Å². The van der Waals surface area contributed by atoms with Gasteiger partial charge in [0.25, 0.3) is 10.0 Å². The van der Waals surface area contributed by atoms with Crippen LogP contribution in [-0.2, 0) is 33.2 Å². The quantitative estimate of drug-likeness (QED) is 0.155. The van der Waals surface area contributed by atoms with E-state index in [-0.39, 0.29) is 27.9 Å². The number of carboxylic acid groups (broad SMARTS) is 1. The van der Waals surface area contributed by atoms with Crippen LogP contribution in [0.4, 0.5) is 23.5 Å². The summed E-state index contributed by atoms with van der Waals surface area (Å²) in [7, 11) is -4.09. The molecule has 0 atom stereocenters. The van der Waals surface area contributed by atoms with Crippen LogP contribution < -0.4 is 4.72 Å². The fraction of sp³-hybridized carbons (Fsp3) is 0.345. The summed E-state index contributed by atoms with van der Waals surface area (Å²) in [5, 5.41) is 7.12. The normalized spacial score (nSPS) is 12.0. The second kappa shape index (κ2) is 13.9. The molecule has 0 amide bonds. The summed E-state index contributed by atoms with van der Waals surface area (Å²) in [5.74, 6) is -2.65. The monoisotopic (exact) mass is 669 g/mol. The average Bonchev–Trinajstić information content (AvgIpc) is 3.57. The summed E-state index contributed by atoms with van der Waals surface area (Å²) in [5.41, 5.74) is 1.32. The van der Waals surface area contributed by atoms with Crippen molar-refractivity contribution in [2.75, 3.05) is 4.72 Å². The van der Waals surface area contributed by atoms with E-state index in [9.17, 15) is 30.8 Å². The molecule has 0 aliphatic carbocycles. The number of halogens is 4. The standard InChI is InChI=1S/C27H30FN5O3S2.C2HF3O2/c1-17(2)11-21-13-22(24(37-21)38(35,36)32-26-30-14-20(28)15-31-26)18-7-6-8-19(12-18)23(34)16-33-10-9-29-25(33)27(3,4)5;3-2(4,5)1(6)7/h6-10,12-15,17H,11,16H2,1-5H3,(H,30,31,32);(H,6,7). The molecular weight excluding hydrogens is 638 g/mol. The fourth-order valence-corrected chi connectivity index (χ4v) is 6.95. The van der Waals surface area contributed by atoms with E-state index in [4.69, 9.17) is 9.90 Å². The Morgan fingerprint density at radius 1 is 1.07 bits per heavy atom. The SMILES string of the molecule is CC(C)Cc1cc(-c2cccc(C(=O)Cn3ccnc3C(C)(C)C)c2)c(S(=O)(=O)Nc2ncc(F)cn2)s1.O=C(O)C(F)(F)F. The third-order valence-electron chi connectivity index (χ3n) is 5.89.